The minimum Gasteiger partial charge on any atom is -0.484 e. The molecule has 25 heavy (non-hydrogen) atoms. The fourth-order valence-corrected chi connectivity index (χ4v) is 3.24. The Kier molecular flexibility index (Phi) is 4.52. The number of ether oxygens (including phenoxy) is 1. The first-order chi connectivity index (χ1) is 11.7. The third-order valence-corrected chi connectivity index (χ3v) is 4.31. The van der Waals surface area contributed by atoms with Gasteiger partial charge in [-0.2, -0.15) is 0 Å². The molecule has 3 rings (SSSR count). The van der Waals surface area contributed by atoms with E-state index in [1.54, 1.807) is 12.1 Å². The minimum atomic E-state index is -0.389. The van der Waals surface area contributed by atoms with Gasteiger partial charge in [-0.25, -0.2) is 0 Å². The minimum absolute atomic E-state index is 0.100. The third kappa shape index (κ3) is 3.99. The smallest absolute Gasteiger partial charge is 0.243 e. The van der Waals surface area contributed by atoms with Crippen molar-refractivity contribution in [2.75, 3.05) is 29.0 Å². The summed E-state index contributed by atoms with van der Waals surface area (Å²) >= 11 is 5.96. The SMILES string of the molecule is Cc1cc(Cl)ccc1NC(=O)CN1CC(C)(C)Oc2ccc(N)cc21. The maximum atomic E-state index is 12.6. The summed E-state index contributed by atoms with van der Waals surface area (Å²) in [6.07, 6.45) is 0. The van der Waals surface area contributed by atoms with E-state index in [9.17, 15) is 4.79 Å². The molecule has 5 nitrogen and oxygen atoms in total. The second-order valence-corrected chi connectivity index (χ2v) is 7.39. The summed E-state index contributed by atoms with van der Waals surface area (Å²) in [4.78, 5) is 14.6. The largest absolute Gasteiger partial charge is 0.484 e. The molecule has 2 aromatic carbocycles. The Labute approximate surface area is 152 Å². The normalized spacial score (nSPS) is 15.3. The second kappa shape index (κ2) is 6.48. The molecular formula is C19H22ClN3O2. The van der Waals surface area contributed by atoms with Crippen LogP contribution in [0.1, 0.15) is 19.4 Å². The van der Waals surface area contributed by atoms with E-state index in [2.05, 4.69) is 5.32 Å². The molecular weight excluding hydrogens is 338 g/mol. The van der Waals surface area contributed by atoms with E-state index >= 15 is 0 Å². The highest BCUT2D eigenvalue weighted by atomic mass is 35.5. The number of nitrogen functional groups attached to an aromatic ring is 1. The average molecular weight is 360 g/mol. The number of aryl methyl sites for hydroxylation is 1. The highest BCUT2D eigenvalue weighted by Crippen LogP contribution is 2.38. The first-order valence-electron chi connectivity index (χ1n) is 8.13. The van der Waals surface area contributed by atoms with E-state index in [1.807, 2.05) is 49.9 Å². The lowest BCUT2D eigenvalue weighted by molar-refractivity contribution is -0.115. The van der Waals surface area contributed by atoms with Crippen molar-refractivity contribution in [2.24, 2.45) is 0 Å². The molecule has 6 heteroatoms. The third-order valence-electron chi connectivity index (χ3n) is 4.08. The zero-order valence-electron chi connectivity index (χ0n) is 14.6. The fraction of sp³-hybridized carbons (Fsp3) is 0.316. The van der Waals surface area contributed by atoms with Crippen LogP contribution in [-0.4, -0.2) is 24.6 Å². The Bertz CT molecular complexity index is 820. The molecule has 0 spiro atoms. The molecule has 0 saturated carbocycles. The van der Waals surface area contributed by atoms with Crippen LogP contribution in [0.5, 0.6) is 5.75 Å². The van der Waals surface area contributed by atoms with Crippen molar-refractivity contribution in [2.45, 2.75) is 26.4 Å². The van der Waals surface area contributed by atoms with E-state index in [-0.39, 0.29) is 18.1 Å². The Balaban J connectivity index is 1.80. The summed E-state index contributed by atoms with van der Waals surface area (Å²) in [6, 6.07) is 10.9. The van der Waals surface area contributed by atoms with Gasteiger partial charge in [-0.3, -0.25) is 4.79 Å². The van der Waals surface area contributed by atoms with Crippen LogP contribution >= 0.6 is 11.6 Å². The first-order valence-corrected chi connectivity index (χ1v) is 8.51. The van der Waals surface area contributed by atoms with E-state index in [4.69, 9.17) is 22.1 Å². The molecule has 0 radical (unpaired) electrons. The van der Waals surface area contributed by atoms with Crippen molar-refractivity contribution >= 4 is 34.6 Å². The van der Waals surface area contributed by atoms with Gasteiger partial charge < -0.3 is 20.7 Å². The Morgan fingerprint density at radius 3 is 2.80 bits per heavy atom. The molecule has 132 valence electrons. The van der Waals surface area contributed by atoms with Gasteiger partial charge >= 0.3 is 0 Å². The number of carbonyl (C=O) groups is 1. The summed E-state index contributed by atoms with van der Waals surface area (Å²) in [5, 5.41) is 3.59. The van der Waals surface area contributed by atoms with Crippen LogP contribution in [-0.2, 0) is 4.79 Å². The number of halogens is 1. The van der Waals surface area contributed by atoms with Gasteiger partial charge in [-0.1, -0.05) is 11.6 Å². The molecule has 1 heterocycles. The Morgan fingerprint density at radius 1 is 1.32 bits per heavy atom. The topological polar surface area (TPSA) is 67.6 Å². The van der Waals surface area contributed by atoms with Crippen LogP contribution in [0, 0.1) is 6.92 Å². The zero-order valence-corrected chi connectivity index (χ0v) is 15.4. The average Bonchev–Trinajstić information content (AvgIpc) is 2.50. The van der Waals surface area contributed by atoms with Crippen molar-refractivity contribution in [3.63, 3.8) is 0 Å². The van der Waals surface area contributed by atoms with Crippen molar-refractivity contribution < 1.29 is 9.53 Å². The van der Waals surface area contributed by atoms with Crippen molar-refractivity contribution in [3.8, 4) is 5.75 Å². The van der Waals surface area contributed by atoms with Crippen molar-refractivity contribution in [1.29, 1.82) is 0 Å². The number of anilines is 3. The number of fused-ring (bicyclic) bond motifs is 1. The van der Waals surface area contributed by atoms with E-state index in [0.717, 1.165) is 22.7 Å². The summed E-state index contributed by atoms with van der Waals surface area (Å²) in [5.74, 6) is 0.637. The number of hydrogen-bond donors (Lipinski definition) is 2. The number of amides is 1. The highest BCUT2D eigenvalue weighted by Gasteiger charge is 2.32. The maximum Gasteiger partial charge on any atom is 0.243 e. The van der Waals surface area contributed by atoms with Crippen LogP contribution in [0.3, 0.4) is 0 Å². The monoisotopic (exact) mass is 359 g/mol. The number of nitrogens with zero attached hydrogens (tertiary/aromatic N) is 1. The molecule has 1 amide bonds. The van der Waals surface area contributed by atoms with E-state index in [0.29, 0.717) is 17.3 Å². The Hall–Kier alpha value is -2.40. The lowest BCUT2D eigenvalue weighted by Crippen LogP contribution is -2.49. The lowest BCUT2D eigenvalue weighted by atomic mass is 10.0. The maximum absolute atomic E-state index is 12.6. The molecule has 1 aliphatic heterocycles. The van der Waals surface area contributed by atoms with Crippen LogP contribution in [0.2, 0.25) is 5.02 Å². The lowest BCUT2D eigenvalue weighted by Gasteiger charge is -2.40. The first kappa shape index (κ1) is 17.4. The van der Waals surface area contributed by atoms with Gasteiger partial charge in [0.1, 0.15) is 11.4 Å². The fourth-order valence-electron chi connectivity index (χ4n) is 3.01. The standard InChI is InChI=1S/C19H22ClN3O2/c1-12-8-13(20)4-6-15(12)22-18(24)10-23-11-19(2,3)25-17-7-5-14(21)9-16(17)23/h4-9H,10-11,21H2,1-3H3,(H,22,24). The highest BCUT2D eigenvalue weighted by molar-refractivity contribution is 6.30. The van der Waals surface area contributed by atoms with Crippen LogP contribution in [0.15, 0.2) is 36.4 Å². The van der Waals surface area contributed by atoms with Crippen molar-refractivity contribution in [1.82, 2.24) is 0 Å². The summed E-state index contributed by atoms with van der Waals surface area (Å²) in [5.41, 5.74) is 8.67. The van der Waals surface area contributed by atoms with E-state index in [1.165, 1.54) is 0 Å². The van der Waals surface area contributed by atoms with Gasteiger partial charge in [0, 0.05) is 16.4 Å². The predicted molar refractivity (Wildman–Crippen MR) is 103 cm³/mol. The zero-order chi connectivity index (χ0) is 18.2. The Morgan fingerprint density at radius 2 is 2.08 bits per heavy atom. The van der Waals surface area contributed by atoms with Gasteiger partial charge in [-0.15, -0.1) is 0 Å². The molecule has 1 aliphatic rings. The molecule has 3 N–H and O–H groups in total. The van der Waals surface area contributed by atoms with Gasteiger partial charge in [-0.05, 0) is 62.7 Å². The molecule has 0 aromatic heterocycles. The molecule has 0 saturated heterocycles. The summed E-state index contributed by atoms with van der Waals surface area (Å²) in [7, 11) is 0. The quantitative estimate of drug-likeness (QED) is 0.817. The van der Waals surface area contributed by atoms with Crippen LogP contribution in [0.25, 0.3) is 0 Å². The van der Waals surface area contributed by atoms with Gasteiger partial charge in [0.25, 0.3) is 0 Å². The number of nitrogens with one attached hydrogen (secondary N) is 1. The van der Waals surface area contributed by atoms with Gasteiger partial charge in [0.15, 0.2) is 0 Å². The molecule has 0 unspecified atom stereocenters. The number of carbonyl (C=O) groups excluding carboxylic acids is 1. The molecule has 0 atom stereocenters. The van der Waals surface area contributed by atoms with Gasteiger partial charge in [0.05, 0.1) is 18.8 Å². The van der Waals surface area contributed by atoms with Crippen LogP contribution < -0.4 is 20.7 Å². The second-order valence-electron chi connectivity index (χ2n) is 6.95. The molecule has 2 aromatic rings. The van der Waals surface area contributed by atoms with Crippen molar-refractivity contribution in [3.05, 3.63) is 47.0 Å². The number of hydrogen-bond acceptors (Lipinski definition) is 4. The summed E-state index contributed by atoms with van der Waals surface area (Å²) < 4.78 is 5.99. The molecule has 0 fully saturated rings. The van der Waals surface area contributed by atoms with Gasteiger partial charge in [0.2, 0.25) is 5.91 Å². The molecule has 0 aliphatic carbocycles. The number of benzene rings is 2. The molecule has 0 bridgehead atoms. The van der Waals surface area contributed by atoms with E-state index < -0.39 is 0 Å². The van der Waals surface area contributed by atoms with Crippen LogP contribution in [0.4, 0.5) is 17.1 Å². The number of nitrogens with two attached hydrogens (primary N) is 1. The number of rotatable bonds is 3. The summed E-state index contributed by atoms with van der Waals surface area (Å²) in [6.45, 7) is 6.72. The predicted octanol–water partition coefficient (Wildman–Crippen LogP) is 3.85.